The Balaban J connectivity index is 0.000000327. The summed E-state index contributed by atoms with van der Waals surface area (Å²) in [6.07, 6.45) is 3.43. The zero-order valence-electron chi connectivity index (χ0n) is 13.8. The second-order valence-electron chi connectivity index (χ2n) is 4.36. The maximum Gasteiger partial charge on any atom is -0.0307 e. The lowest BCUT2D eigenvalue weighted by molar-refractivity contribution is 1.10. The first-order chi connectivity index (χ1) is 9.80. The summed E-state index contributed by atoms with van der Waals surface area (Å²) in [5, 5.41) is 0. The van der Waals surface area contributed by atoms with E-state index in [9.17, 15) is 0 Å². The standard InChI is InChI=1S/C10H14.C8H10.C2H6/c1-3-9-5-7-10(4-2)8-6-9;1-2-8-6-4-3-5-7-8;1-2/h5-8H,3-4H2,1-2H3;3-7H,2H2,1H3;1-2H3. The van der Waals surface area contributed by atoms with Crippen LogP contribution >= 0.6 is 0 Å². The molecule has 0 aliphatic heterocycles. The van der Waals surface area contributed by atoms with E-state index in [1.54, 1.807) is 0 Å². The van der Waals surface area contributed by atoms with Gasteiger partial charge in [-0.15, -0.1) is 0 Å². The van der Waals surface area contributed by atoms with Crippen molar-refractivity contribution in [1.82, 2.24) is 0 Å². The van der Waals surface area contributed by atoms with Crippen LogP contribution in [0.25, 0.3) is 0 Å². The van der Waals surface area contributed by atoms with Gasteiger partial charge in [0.2, 0.25) is 0 Å². The van der Waals surface area contributed by atoms with Crippen molar-refractivity contribution in [2.45, 2.75) is 53.9 Å². The number of aryl methyl sites for hydroxylation is 3. The summed E-state index contributed by atoms with van der Waals surface area (Å²) in [6.45, 7) is 10.5. The largest absolute Gasteiger partial charge is 0.0683 e. The average molecular weight is 270 g/mol. The molecule has 0 aromatic heterocycles. The van der Waals surface area contributed by atoms with E-state index in [0.717, 1.165) is 19.3 Å². The van der Waals surface area contributed by atoms with E-state index >= 15 is 0 Å². The number of rotatable bonds is 3. The van der Waals surface area contributed by atoms with Crippen molar-refractivity contribution < 1.29 is 0 Å². The van der Waals surface area contributed by atoms with Crippen molar-refractivity contribution in [2.75, 3.05) is 0 Å². The van der Waals surface area contributed by atoms with E-state index in [-0.39, 0.29) is 0 Å². The summed E-state index contributed by atoms with van der Waals surface area (Å²) in [5.41, 5.74) is 4.27. The summed E-state index contributed by atoms with van der Waals surface area (Å²) in [5.74, 6) is 0. The van der Waals surface area contributed by atoms with E-state index in [1.807, 2.05) is 19.9 Å². The summed E-state index contributed by atoms with van der Waals surface area (Å²) in [4.78, 5) is 0. The molecule has 0 heteroatoms. The molecule has 0 heterocycles. The molecule has 0 fully saturated rings. The van der Waals surface area contributed by atoms with Gasteiger partial charge >= 0.3 is 0 Å². The summed E-state index contributed by atoms with van der Waals surface area (Å²) < 4.78 is 0. The summed E-state index contributed by atoms with van der Waals surface area (Å²) >= 11 is 0. The quantitative estimate of drug-likeness (QED) is 0.633. The Morgan fingerprint density at radius 3 is 1.05 bits per heavy atom. The third-order valence-electron chi connectivity index (χ3n) is 3.09. The van der Waals surface area contributed by atoms with Crippen LogP contribution in [0.4, 0.5) is 0 Å². The van der Waals surface area contributed by atoms with Gasteiger partial charge in [0.1, 0.15) is 0 Å². The minimum atomic E-state index is 1.14. The van der Waals surface area contributed by atoms with Crippen molar-refractivity contribution in [1.29, 1.82) is 0 Å². The minimum absolute atomic E-state index is 1.14. The van der Waals surface area contributed by atoms with E-state index in [4.69, 9.17) is 0 Å². The van der Waals surface area contributed by atoms with Crippen LogP contribution in [-0.4, -0.2) is 0 Å². The van der Waals surface area contributed by atoms with Crippen molar-refractivity contribution >= 4 is 0 Å². The maximum absolute atomic E-state index is 2.21. The number of hydrogen-bond donors (Lipinski definition) is 0. The first kappa shape index (κ1) is 18.4. The molecule has 0 nitrogen and oxygen atoms in total. The highest BCUT2D eigenvalue weighted by atomic mass is 13.9. The predicted octanol–water partition coefficient (Wildman–Crippen LogP) is 6.09. The van der Waals surface area contributed by atoms with Gasteiger partial charge in [-0.05, 0) is 36.0 Å². The lowest BCUT2D eigenvalue weighted by atomic mass is 10.1. The molecule has 0 radical (unpaired) electrons. The molecule has 2 rings (SSSR count). The molecule has 0 aliphatic rings. The van der Waals surface area contributed by atoms with Crippen LogP contribution in [0.3, 0.4) is 0 Å². The molecule has 2 aromatic rings. The Bertz CT molecular complexity index is 389. The Kier molecular flexibility index (Phi) is 11.5. The van der Waals surface area contributed by atoms with Crippen LogP contribution in [0.1, 0.15) is 51.3 Å². The Morgan fingerprint density at radius 1 is 0.500 bits per heavy atom. The van der Waals surface area contributed by atoms with Crippen LogP contribution in [0.5, 0.6) is 0 Å². The fraction of sp³-hybridized carbons (Fsp3) is 0.400. The fourth-order valence-electron chi connectivity index (χ4n) is 1.72. The first-order valence-corrected chi connectivity index (χ1v) is 7.91. The molecule has 110 valence electrons. The van der Waals surface area contributed by atoms with E-state index in [1.165, 1.54) is 16.7 Å². The topological polar surface area (TPSA) is 0 Å². The fourth-order valence-corrected chi connectivity index (χ4v) is 1.72. The molecule has 2 aromatic carbocycles. The zero-order chi connectivity index (χ0) is 15.2. The molecular weight excluding hydrogens is 240 g/mol. The highest BCUT2D eigenvalue weighted by molar-refractivity contribution is 5.22. The smallest absolute Gasteiger partial charge is 0.0307 e. The molecule has 0 spiro atoms. The van der Waals surface area contributed by atoms with Crippen LogP contribution in [0, 0.1) is 0 Å². The van der Waals surface area contributed by atoms with Crippen molar-refractivity contribution in [3.8, 4) is 0 Å². The van der Waals surface area contributed by atoms with Crippen LogP contribution in [0.15, 0.2) is 54.6 Å². The molecule has 0 atom stereocenters. The lowest BCUT2D eigenvalue weighted by Crippen LogP contribution is -1.81. The monoisotopic (exact) mass is 270 g/mol. The van der Waals surface area contributed by atoms with Crippen LogP contribution in [0.2, 0.25) is 0 Å². The SMILES string of the molecule is CC.CCc1ccc(CC)cc1.CCc1ccccc1. The van der Waals surface area contributed by atoms with Gasteiger partial charge in [-0.25, -0.2) is 0 Å². The molecular formula is C20H30. The van der Waals surface area contributed by atoms with E-state index in [2.05, 4.69) is 69.3 Å². The molecule has 0 bridgehead atoms. The van der Waals surface area contributed by atoms with Gasteiger partial charge in [0.25, 0.3) is 0 Å². The molecule has 0 amide bonds. The lowest BCUT2D eigenvalue weighted by Gasteiger charge is -1.97. The second-order valence-corrected chi connectivity index (χ2v) is 4.36. The first-order valence-electron chi connectivity index (χ1n) is 7.91. The Hall–Kier alpha value is -1.56. The highest BCUT2D eigenvalue weighted by Gasteiger charge is 1.88. The minimum Gasteiger partial charge on any atom is -0.0683 e. The van der Waals surface area contributed by atoms with Crippen LogP contribution in [-0.2, 0) is 19.3 Å². The molecule has 20 heavy (non-hydrogen) atoms. The summed E-state index contributed by atoms with van der Waals surface area (Å²) in [7, 11) is 0. The zero-order valence-corrected chi connectivity index (χ0v) is 13.8. The average Bonchev–Trinajstić information content (AvgIpc) is 2.58. The molecule has 0 unspecified atom stereocenters. The molecule has 0 saturated heterocycles. The van der Waals surface area contributed by atoms with Gasteiger partial charge in [-0.1, -0.05) is 89.2 Å². The molecule has 0 saturated carbocycles. The van der Waals surface area contributed by atoms with E-state index < -0.39 is 0 Å². The number of benzene rings is 2. The Morgan fingerprint density at radius 2 is 0.800 bits per heavy atom. The third-order valence-corrected chi connectivity index (χ3v) is 3.09. The normalized spacial score (nSPS) is 8.85. The highest BCUT2D eigenvalue weighted by Crippen LogP contribution is 2.04. The van der Waals surface area contributed by atoms with Gasteiger partial charge in [0, 0.05) is 0 Å². The van der Waals surface area contributed by atoms with Gasteiger partial charge in [0.15, 0.2) is 0 Å². The molecule has 0 aliphatic carbocycles. The van der Waals surface area contributed by atoms with Gasteiger partial charge in [0.05, 0.1) is 0 Å². The van der Waals surface area contributed by atoms with E-state index in [0.29, 0.717) is 0 Å². The van der Waals surface area contributed by atoms with Gasteiger partial charge in [-0.2, -0.15) is 0 Å². The van der Waals surface area contributed by atoms with Crippen molar-refractivity contribution in [3.63, 3.8) is 0 Å². The second kappa shape index (κ2) is 12.5. The van der Waals surface area contributed by atoms with Gasteiger partial charge < -0.3 is 0 Å². The third kappa shape index (κ3) is 7.78. The summed E-state index contributed by atoms with van der Waals surface area (Å²) in [6, 6.07) is 19.3. The maximum atomic E-state index is 2.21. The Labute approximate surface area is 125 Å². The van der Waals surface area contributed by atoms with Crippen molar-refractivity contribution in [3.05, 3.63) is 71.3 Å². The van der Waals surface area contributed by atoms with Gasteiger partial charge in [-0.3, -0.25) is 0 Å². The van der Waals surface area contributed by atoms with Crippen LogP contribution < -0.4 is 0 Å². The molecule has 0 N–H and O–H groups in total. The predicted molar refractivity (Wildman–Crippen MR) is 92.4 cm³/mol. The number of hydrogen-bond acceptors (Lipinski definition) is 0. The van der Waals surface area contributed by atoms with Crippen molar-refractivity contribution in [2.24, 2.45) is 0 Å².